The van der Waals surface area contributed by atoms with Gasteiger partial charge in [-0.3, -0.25) is 0 Å². The van der Waals surface area contributed by atoms with Gasteiger partial charge < -0.3 is 15.4 Å². The molecule has 2 aromatic rings. The van der Waals surface area contributed by atoms with Crippen molar-refractivity contribution in [1.29, 1.82) is 0 Å². The van der Waals surface area contributed by atoms with Crippen LogP contribution in [0.1, 0.15) is 5.56 Å². The zero-order valence-electron chi connectivity index (χ0n) is 10.3. The smallest absolute Gasteiger partial charge is 0.322 e. The standard InChI is InChI=1S/C12H12FN5O/c1-19-12-16-10(14)15-11(17-12)18-5-4-7-2-3-8(13)6-9(7)18/h2-3,6H,4-5H2,1H3,(H2,14,15,16,17). The minimum atomic E-state index is -0.292. The van der Waals surface area contributed by atoms with E-state index in [9.17, 15) is 4.39 Å². The predicted molar refractivity (Wildman–Crippen MR) is 67.9 cm³/mol. The molecule has 0 saturated carbocycles. The fraction of sp³-hybridized carbons (Fsp3) is 0.250. The first-order valence-corrected chi connectivity index (χ1v) is 5.79. The van der Waals surface area contributed by atoms with Crippen molar-refractivity contribution in [3.63, 3.8) is 0 Å². The molecule has 0 fully saturated rings. The van der Waals surface area contributed by atoms with Gasteiger partial charge in [0.1, 0.15) is 5.82 Å². The molecule has 0 amide bonds. The third-order valence-electron chi connectivity index (χ3n) is 2.99. The van der Waals surface area contributed by atoms with Crippen LogP contribution in [0.5, 0.6) is 6.01 Å². The quantitative estimate of drug-likeness (QED) is 0.877. The maximum absolute atomic E-state index is 13.3. The van der Waals surface area contributed by atoms with Crippen LogP contribution in [0.3, 0.4) is 0 Å². The zero-order valence-corrected chi connectivity index (χ0v) is 10.3. The summed E-state index contributed by atoms with van der Waals surface area (Å²) in [5, 5.41) is 0. The van der Waals surface area contributed by atoms with Crippen molar-refractivity contribution in [1.82, 2.24) is 15.0 Å². The lowest BCUT2D eigenvalue weighted by molar-refractivity contribution is 0.379. The molecule has 6 nitrogen and oxygen atoms in total. The van der Waals surface area contributed by atoms with Crippen LogP contribution >= 0.6 is 0 Å². The molecule has 2 N–H and O–H groups in total. The Balaban J connectivity index is 2.06. The first-order valence-electron chi connectivity index (χ1n) is 5.79. The number of halogens is 1. The van der Waals surface area contributed by atoms with E-state index < -0.39 is 0 Å². The molecule has 0 unspecified atom stereocenters. The van der Waals surface area contributed by atoms with Gasteiger partial charge in [-0.15, -0.1) is 0 Å². The number of hydrogen-bond donors (Lipinski definition) is 1. The van der Waals surface area contributed by atoms with Crippen LogP contribution in [-0.4, -0.2) is 28.6 Å². The minimum absolute atomic E-state index is 0.0757. The van der Waals surface area contributed by atoms with Crippen molar-refractivity contribution in [2.45, 2.75) is 6.42 Å². The molecule has 1 aromatic carbocycles. The summed E-state index contributed by atoms with van der Waals surface area (Å²) in [4.78, 5) is 13.8. The summed E-state index contributed by atoms with van der Waals surface area (Å²) >= 11 is 0. The summed E-state index contributed by atoms with van der Waals surface area (Å²) in [6.07, 6.45) is 0.809. The lowest BCUT2D eigenvalue weighted by atomic mass is 10.2. The maximum Gasteiger partial charge on any atom is 0.322 e. The summed E-state index contributed by atoms with van der Waals surface area (Å²) in [5.41, 5.74) is 7.42. The highest BCUT2D eigenvalue weighted by Crippen LogP contribution is 2.33. The van der Waals surface area contributed by atoms with Gasteiger partial charge >= 0.3 is 6.01 Å². The number of aromatic nitrogens is 3. The van der Waals surface area contributed by atoms with Crippen molar-refractivity contribution in [2.75, 3.05) is 24.3 Å². The molecule has 0 bridgehead atoms. The number of nitrogen functional groups attached to an aromatic ring is 1. The van der Waals surface area contributed by atoms with Gasteiger partial charge in [0.15, 0.2) is 0 Å². The molecule has 19 heavy (non-hydrogen) atoms. The topological polar surface area (TPSA) is 77.2 Å². The van der Waals surface area contributed by atoms with Gasteiger partial charge in [0.05, 0.1) is 12.8 Å². The van der Waals surface area contributed by atoms with Gasteiger partial charge in [-0.2, -0.15) is 15.0 Å². The Bertz CT molecular complexity index is 634. The molecule has 1 aliphatic rings. The first-order chi connectivity index (χ1) is 9.17. The summed E-state index contributed by atoms with van der Waals surface area (Å²) < 4.78 is 18.3. The third kappa shape index (κ3) is 2.03. The predicted octanol–water partition coefficient (Wildman–Crippen LogP) is 1.30. The lowest BCUT2D eigenvalue weighted by Gasteiger charge is -2.17. The van der Waals surface area contributed by atoms with Crippen LogP contribution in [0.2, 0.25) is 0 Å². The van der Waals surface area contributed by atoms with Crippen LogP contribution in [0.15, 0.2) is 18.2 Å². The average molecular weight is 261 g/mol. The SMILES string of the molecule is COc1nc(N)nc(N2CCc3ccc(F)cc32)n1. The molecule has 0 atom stereocenters. The Labute approximate surface area is 109 Å². The number of rotatable bonds is 2. The van der Waals surface area contributed by atoms with Gasteiger partial charge in [0, 0.05) is 6.54 Å². The van der Waals surface area contributed by atoms with Gasteiger partial charge in [0.25, 0.3) is 0 Å². The van der Waals surface area contributed by atoms with E-state index in [2.05, 4.69) is 15.0 Å². The van der Waals surface area contributed by atoms with E-state index in [0.717, 1.165) is 17.7 Å². The van der Waals surface area contributed by atoms with Gasteiger partial charge in [-0.1, -0.05) is 6.07 Å². The minimum Gasteiger partial charge on any atom is -0.467 e. The number of nitrogens with zero attached hydrogens (tertiary/aromatic N) is 4. The summed E-state index contributed by atoms with van der Waals surface area (Å²) in [7, 11) is 1.45. The summed E-state index contributed by atoms with van der Waals surface area (Å²) in [5.74, 6) is 0.153. The van der Waals surface area contributed by atoms with Crippen LogP contribution in [0.4, 0.5) is 22.0 Å². The van der Waals surface area contributed by atoms with Crippen molar-refractivity contribution in [2.24, 2.45) is 0 Å². The molecule has 1 aromatic heterocycles. The average Bonchev–Trinajstić information content (AvgIpc) is 2.80. The van der Waals surface area contributed by atoms with E-state index in [1.54, 1.807) is 11.0 Å². The van der Waals surface area contributed by atoms with Gasteiger partial charge in [0.2, 0.25) is 11.9 Å². The number of ether oxygens (including phenoxy) is 1. The number of nitrogens with two attached hydrogens (primary N) is 1. The van der Waals surface area contributed by atoms with Crippen molar-refractivity contribution >= 4 is 17.6 Å². The molecule has 3 rings (SSSR count). The Morgan fingerprint density at radius 1 is 1.32 bits per heavy atom. The fourth-order valence-corrected chi connectivity index (χ4v) is 2.13. The van der Waals surface area contributed by atoms with Gasteiger partial charge in [-0.05, 0) is 24.1 Å². The van der Waals surface area contributed by atoms with Crippen LogP contribution < -0.4 is 15.4 Å². The number of hydrogen-bond acceptors (Lipinski definition) is 6. The Hall–Kier alpha value is -2.44. The van der Waals surface area contributed by atoms with E-state index in [1.165, 1.54) is 19.2 Å². The molecule has 1 aliphatic heterocycles. The maximum atomic E-state index is 13.3. The van der Waals surface area contributed by atoms with Gasteiger partial charge in [-0.25, -0.2) is 4.39 Å². The Kier molecular flexibility index (Phi) is 2.66. The van der Waals surface area contributed by atoms with Crippen LogP contribution in [0.25, 0.3) is 0 Å². The highest BCUT2D eigenvalue weighted by Gasteiger charge is 2.24. The molecule has 0 spiro atoms. The van der Waals surface area contributed by atoms with Crippen molar-refractivity contribution in [3.05, 3.63) is 29.6 Å². The molecular formula is C12H12FN5O. The van der Waals surface area contributed by atoms with Crippen LogP contribution in [0, 0.1) is 5.82 Å². The van der Waals surface area contributed by atoms with Crippen LogP contribution in [-0.2, 0) is 6.42 Å². The third-order valence-corrected chi connectivity index (χ3v) is 2.99. The van der Waals surface area contributed by atoms with Crippen molar-refractivity contribution < 1.29 is 9.13 Å². The normalized spacial score (nSPS) is 13.5. The molecular weight excluding hydrogens is 249 g/mol. The second-order valence-corrected chi connectivity index (χ2v) is 4.15. The fourth-order valence-electron chi connectivity index (χ4n) is 2.13. The zero-order chi connectivity index (χ0) is 13.4. The van der Waals surface area contributed by atoms with E-state index in [1.807, 2.05) is 0 Å². The van der Waals surface area contributed by atoms with E-state index in [4.69, 9.17) is 10.5 Å². The largest absolute Gasteiger partial charge is 0.467 e. The van der Waals surface area contributed by atoms with E-state index in [0.29, 0.717) is 12.5 Å². The molecule has 98 valence electrons. The number of fused-ring (bicyclic) bond motifs is 1. The highest BCUT2D eigenvalue weighted by atomic mass is 19.1. The molecule has 0 radical (unpaired) electrons. The molecule has 2 heterocycles. The monoisotopic (exact) mass is 261 g/mol. The Morgan fingerprint density at radius 2 is 2.16 bits per heavy atom. The lowest BCUT2D eigenvalue weighted by Crippen LogP contribution is -2.18. The second kappa shape index (κ2) is 4.34. The summed E-state index contributed by atoms with van der Waals surface area (Å²) in [6.45, 7) is 0.672. The first kappa shape index (κ1) is 11.6. The number of anilines is 3. The summed E-state index contributed by atoms with van der Waals surface area (Å²) in [6, 6.07) is 4.83. The molecule has 0 aliphatic carbocycles. The molecule has 7 heteroatoms. The number of benzene rings is 1. The van der Waals surface area contributed by atoms with E-state index in [-0.39, 0.29) is 17.8 Å². The van der Waals surface area contributed by atoms with E-state index >= 15 is 0 Å². The number of methoxy groups -OCH3 is 1. The highest BCUT2D eigenvalue weighted by molar-refractivity contribution is 5.66. The molecule has 0 saturated heterocycles. The second-order valence-electron chi connectivity index (χ2n) is 4.15. The Morgan fingerprint density at radius 3 is 2.95 bits per heavy atom. The van der Waals surface area contributed by atoms with Crippen molar-refractivity contribution in [3.8, 4) is 6.01 Å².